The molecule has 0 aliphatic rings. The number of halogens is 1. The van der Waals surface area contributed by atoms with E-state index >= 15 is 0 Å². The molecule has 0 unspecified atom stereocenters. The molecule has 0 spiro atoms. The predicted octanol–water partition coefficient (Wildman–Crippen LogP) is 4.09. The van der Waals surface area contributed by atoms with Gasteiger partial charge in [-0.1, -0.05) is 11.6 Å². The van der Waals surface area contributed by atoms with Crippen molar-refractivity contribution in [3.8, 4) is 16.5 Å². The Hall–Kier alpha value is -1.85. The van der Waals surface area contributed by atoms with E-state index in [0.29, 0.717) is 5.15 Å². The zero-order valence-electron chi connectivity index (χ0n) is 11.9. The van der Waals surface area contributed by atoms with Gasteiger partial charge in [0.15, 0.2) is 5.15 Å². The highest BCUT2D eigenvalue weighted by Crippen LogP contribution is 2.33. The van der Waals surface area contributed by atoms with Crippen molar-refractivity contribution in [2.75, 3.05) is 26.1 Å². The summed E-state index contributed by atoms with van der Waals surface area (Å²) in [4.78, 5) is 11.0. The lowest BCUT2D eigenvalue weighted by molar-refractivity contribution is 0.415. The van der Waals surface area contributed by atoms with E-state index in [1.165, 1.54) is 0 Å². The Morgan fingerprint density at radius 3 is 2.62 bits per heavy atom. The van der Waals surface area contributed by atoms with E-state index in [9.17, 15) is 0 Å². The average Bonchev–Trinajstić information content (AvgIpc) is 2.89. The first kappa shape index (κ1) is 14.1. The van der Waals surface area contributed by atoms with Crippen LogP contribution in [0.5, 0.6) is 5.75 Å². The third-order valence-electron chi connectivity index (χ3n) is 3.13. The minimum atomic E-state index is 0.481. The Labute approximate surface area is 132 Å². The zero-order chi connectivity index (χ0) is 15.0. The van der Waals surface area contributed by atoms with Crippen molar-refractivity contribution in [1.82, 2.24) is 9.97 Å². The summed E-state index contributed by atoms with van der Waals surface area (Å²) in [7, 11) is 5.53. The van der Waals surface area contributed by atoms with E-state index in [0.717, 1.165) is 32.4 Å². The van der Waals surface area contributed by atoms with Crippen LogP contribution < -0.4 is 9.64 Å². The first-order valence-electron chi connectivity index (χ1n) is 6.37. The van der Waals surface area contributed by atoms with Crippen LogP contribution in [0.25, 0.3) is 20.9 Å². The number of anilines is 1. The van der Waals surface area contributed by atoms with Crippen molar-refractivity contribution in [3.63, 3.8) is 0 Å². The Morgan fingerprint density at radius 1 is 1.14 bits per heavy atom. The van der Waals surface area contributed by atoms with E-state index in [-0.39, 0.29) is 0 Å². The van der Waals surface area contributed by atoms with Crippen molar-refractivity contribution in [2.45, 2.75) is 0 Å². The summed E-state index contributed by atoms with van der Waals surface area (Å²) in [5, 5.41) is 1.33. The summed E-state index contributed by atoms with van der Waals surface area (Å²) in [5.74, 6) is 0.826. The van der Waals surface area contributed by atoms with Gasteiger partial charge in [0, 0.05) is 14.1 Å². The van der Waals surface area contributed by atoms with Crippen LogP contribution in [-0.4, -0.2) is 31.2 Å². The number of thiazole rings is 1. The number of fused-ring (bicyclic) bond motifs is 1. The molecule has 3 rings (SSSR count). The molecule has 0 bridgehead atoms. The molecule has 0 fully saturated rings. The molecule has 21 heavy (non-hydrogen) atoms. The molecule has 0 saturated heterocycles. The molecule has 0 aliphatic heterocycles. The number of benzene rings is 1. The molecule has 1 aromatic carbocycles. The number of hydrogen-bond donors (Lipinski definition) is 0. The third-order valence-corrected chi connectivity index (χ3v) is 4.44. The standard InChI is InChI=1S/C15H14ClN3OS/c1-19(2)12-7-6-11(17-14(12)16)15-18-10-5-4-9(20-3)8-13(10)21-15/h4-8H,1-3H3. The van der Waals surface area contributed by atoms with Crippen LogP contribution in [-0.2, 0) is 0 Å². The molecule has 2 heterocycles. The van der Waals surface area contributed by atoms with Gasteiger partial charge >= 0.3 is 0 Å². The van der Waals surface area contributed by atoms with Gasteiger partial charge in [-0.05, 0) is 30.3 Å². The van der Waals surface area contributed by atoms with Gasteiger partial charge < -0.3 is 9.64 Å². The van der Waals surface area contributed by atoms with Crippen LogP contribution in [0, 0.1) is 0 Å². The van der Waals surface area contributed by atoms with Crippen molar-refractivity contribution in [2.24, 2.45) is 0 Å². The van der Waals surface area contributed by atoms with E-state index in [1.807, 2.05) is 49.3 Å². The number of rotatable bonds is 3. The molecule has 0 aliphatic carbocycles. The zero-order valence-corrected chi connectivity index (χ0v) is 13.5. The molecular formula is C15H14ClN3OS. The molecular weight excluding hydrogens is 306 g/mol. The van der Waals surface area contributed by atoms with E-state index in [1.54, 1.807) is 18.4 Å². The van der Waals surface area contributed by atoms with E-state index in [4.69, 9.17) is 16.3 Å². The molecule has 2 aromatic heterocycles. The Bertz CT molecular complexity index is 801. The minimum Gasteiger partial charge on any atom is -0.497 e. The van der Waals surface area contributed by atoms with Gasteiger partial charge in [0.05, 0.1) is 23.0 Å². The molecule has 108 valence electrons. The highest BCUT2D eigenvalue weighted by Gasteiger charge is 2.11. The first-order chi connectivity index (χ1) is 10.1. The largest absolute Gasteiger partial charge is 0.497 e. The number of pyridine rings is 1. The lowest BCUT2D eigenvalue weighted by Gasteiger charge is -2.13. The first-order valence-corrected chi connectivity index (χ1v) is 7.57. The van der Waals surface area contributed by atoms with Crippen molar-refractivity contribution in [3.05, 3.63) is 35.5 Å². The maximum Gasteiger partial charge on any atom is 0.153 e. The number of hydrogen-bond acceptors (Lipinski definition) is 5. The van der Waals surface area contributed by atoms with Gasteiger partial charge in [-0.15, -0.1) is 11.3 Å². The fraction of sp³-hybridized carbons (Fsp3) is 0.200. The second kappa shape index (κ2) is 5.50. The summed E-state index contributed by atoms with van der Waals surface area (Å²) in [6.07, 6.45) is 0. The fourth-order valence-corrected chi connectivity index (χ4v) is 3.31. The highest BCUT2D eigenvalue weighted by molar-refractivity contribution is 7.21. The smallest absolute Gasteiger partial charge is 0.153 e. The summed E-state index contributed by atoms with van der Waals surface area (Å²) >= 11 is 7.80. The van der Waals surface area contributed by atoms with Crippen molar-refractivity contribution < 1.29 is 4.74 Å². The van der Waals surface area contributed by atoms with Crippen molar-refractivity contribution >= 4 is 38.8 Å². The summed E-state index contributed by atoms with van der Waals surface area (Å²) in [6.45, 7) is 0. The molecule has 3 aromatic rings. The highest BCUT2D eigenvalue weighted by atomic mass is 35.5. The summed E-state index contributed by atoms with van der Waals surface area (Å²) in [6, 6.07) is 9.73. The van der Waals surface area contributed by atoms with Gasteiger partial charge in [-0.2, -0.15) is 0 Å². The monoisotopic (exact) mass is 319 g/mol. The van der Waals surface area contributed by atoms with Gasteiger partial charge in [0.25, 0.3) is 0 Å². The minimum absolute atomic E-state index is 0.481. The third kappa shape index (κ3) is 2.66. The maximum atomic E-state index is 6.22. The van der Waals surface area contributed by atoms with Gasteiger partial charge in [0.2, 0.25) is 0 Å². The van der Waals surface area contributed by atoms with Crippen LogP contribution in [0.15, 0.2) is 30.3 Å². The molecule has 0 amide bonds. The Balaban J connectivity index is 2.06. The van der Waals surface area contributed by atoms with Gasteiger partial charge in [-0.3, -0.25) is 0 Å². The second-order valence-electron chi connectivity index (χ2n) is 4.75. The van der Waals surface area contributed by atoms with Crippen LogP contribution in [0.1, 0.15) is 0 Å². The normalized spacial score (nSPS) is 10.9. The van der Waals surface area contributed by atoms with Gasteiger partial charge in [-0.25, -0.2) is 9.97 Å². The van der Waals surface area contributed by atoms with Gasteiger partial charge in [0.1, 0.15) is 16.5 Å². The lowest BCUT2D eigenvalue weighted by atomic mass is 10.3. The predicted molar refractivity (Wildman–Crippen MR) is 88.7 cm³/mol. The number of ether oxygens (including phenoxy) is 1. The van der Waals surface area contributed by atoms with E-state index in [2.05, 4.69) is 9.97 Å². The lowest BCUT2D eigenvalue weighted by Crippen LogP contribution is -2.09. The maximum absolute atomic E-state index is 6.22. The van der Waals surface area contributed by atoms with Crippen molar-refractivity contribution in [1.29, 1.82) is 0 Å². The Morgan fingerprint density at radius 2 is 1.95 bits per heavy atom. The quantitative estimate of drug-likeness (QED) is 0.682. The SMILES string of the molecule is COc1ccc2nc(-c3ccc(N(C)C)c(Cl)n3)sc2c1. The Kier molecular flexibility index (Phi) is 3.69. The molecule has 0 radical (unpaired) electrons. The topological polar surface area (TPSA) is 38.2 Å². The molecule has 6 heteroatoms. The number of aromatic nitrogens is 2. The van der Waals surface area contributed by atoms with Crippen LogP contribution in [0.2, 0.25) is 5.15 Å². The molecule has 0 N–H and O–H groups in total. The molecule has 0 atom stereocenters. The van der Waals surface area contributed by atoms with Crippen LogP contribution in [0.4, 0.5) is 5.69 Å². The fourth-order valence-electron chi connectivity index (χ4n) is 2.02. The second-order valence-corrected chi connectivity index (χ2v) is 6.14. The number of methoxy groups -OCH3 is 1. The van der Waals surface area contributed by atoms with Crippen LogP contribution in [0.3, 0.4) is 0 Å². The molecule has 0 saturated carbocycles. The molecule has 4 nitrogen and oxygen atoms in total. The number of nitrogens with zero attached hydrogens (tertiary/aromatic N) is 3. The summed E-state index contributed by atoms with van der Waals surface area (Å²) < 4.78 is 6.30. The van der Waals surface area contributed by atoms with Crippen LogP contribution >= 0.6 is 22.9 Å². The average molecular weight is 320 g/mol. The van der Waals surface area contributed by atoms with E-state index < -0.39 is 0 Å². The summed E-state index contributed by atoms with van der Waals surface area (Å²) in [5.41, 5.74) is 2.61.